The normalized spacial score (nSPS) is 20.6. The van der Waals surface area contributed by atoms with E-state index in [0.717, 1.165) is 38.1 Å². The summed E-state index contributed by atoms with van der Waals surface area (Å²) in [5.41, 5.74) is 0.481. The first-order valence-corrected chi connectivity index (χ1v) is 10.0. The third kappa shape index (κ3) is 3.92. The third-order valence-electron chi connectivity index (χ3n) is 5.68. The van der Waals surface area contributed by atoms with Gasteiger partial charge >= 0.3 is 6.18 Å². The van der Waals surface area contributed by atoms with Crippen LogP contribution in [0.2, 0.25) is 0 Å². The van der Waals surface area contributed by atoms with E-state index in [9.17, 15) is 18.0 Å². The maximum atomic E-state index is 13.1. The van der Waals surface area contributed by atoms with Gasteiger partial charge in [0.15, 0.2) is 0 Å². The predicted octanol–water partition coefficient (Wildman–Crippen LogP) is 4.89. The maximum absolute atomic E-state index is 13.1. The van der Waals surface area contributed by atoms with E-state index >= 15 is 0 Å². The molecule has 4 rings (SSSR count). The van der Waals surface area contributed by atoms with Crippen LogP contribution in [0.3, 0.4) is 0 Å². The van der Waals surface area contributed by atoms with Gasteiger partial charge in [-0.3, -0.25) is 9.78 Å². The molecule has 2 fully saturated rings. The van der Waals surface area contributed by atoms with Crippen LogP contribution in [0.4, 0.5) is 13.2 Å². The second-order valence-electron chi connectivity index (χ2n) is 7.70. The van der Waals surface area contributed by atoms with Gasteiger partial charge in [0.2, 0.25) is 0 Å². The van der Waals surface area contributed by atoms with Crippen molar-refractivity contribution in [2.45, 2.75) is 44.3 Å². The number of halogens is 4. The molecule has 1 atom stereocenters. The van der Waals surface area contributed by atoms with Gasteiger partial charge in [-0.05, 0) is 77.7 Å². The van der Waals surface area contributed by atoms with Crippen LogP contribution in [0.5, 0.6) is 0 Å². The molecule has 148 valence electrons. The van der Waals surface area contributed by atoms with Crippen LogP contribution in [-0.2, 0) is 12.6 Å². The van der Waals surface area contributed by atoms with Gasteiger partial charge in [0, 0.05) is 35.1 Å². The minimum absolute atomic E-state index is 0.0491. The summed E-state index contributed by atoms with van der Waals surface area (Å²) in [5, 5.41) is 0. The van der Waals surface area contributed by atoms with Gasteiger partial charge in [0.05, 0.1) is 5.56 Å². The van der Waals surface area contributed by atoms with Crippen molar-refractivity contribution in [2.24, 2.45) is 5.41 Å². The number of pyridine rings is 2. The van der Waals surface area contributed by atoms with Gasteiger partial charge in [-0.15, -0.1) is 0 Å². The van der Waals surface area contributed by atoms with Crippen LogP contribution in [-0.4, -0.2) is 33.4 Å². The molecule has 1 amide bonds. The summed E-state index contributed by atoms with van der Waals surface area (Å²) >= 11 is 3.39. The smallest absolute Gasteiger partial charge is 0.334 e. The number of likely N-dealkylation sites (tertiary alicyclic amines) is 1. The quantitative estimate of drug-likeness (QED) is 0.662. The Kier molecular flexibility index (Phi) is 4.93. The van der Waals surface area contributed by atoms with Gasteiger partial charge in [0.25, 0.3) is 5.91 Å². The van der Waals surface area contributed by atoms with Crippen molar-refractivity contribution in [2.75, 3.05) is 6.54 Å². The number of carbonyl (C=O) groups excluding carboxylic acids is 1. The molecule has 0 bridgehead atoms. The lowest BCUT2D eigenvalue weighted by Gasteiger charge is -2.24. The number of aromatic nitrogens is 2. The molecule has 0 radical (unpaired) electrons. The monoisotopic (exact) mass is 453 g/mol. The number of hydrogen-bond acceptors (Lipinski definition) is 3. The highest BCUT2D eigenvalue weighted by atomic mass is 79.9. The molecule has 8 heteroatoms. The predicted molar refractivity (Wildman–Crippen MR) is 101 cm³/mol. The van der Waals surface area contributed by atoms with Crippen LogP contribution in [0.25, 0.3) is 0 Å². The fraction of sp³-hybridized carbons (Fsp3) is 0.450. The summed E-state index contributed by atoms with van der Waals surface area (Å²) in [6.45, 7) is 0.722. The van der Waals surface area contributed by atoms with Crippen molar-refractivity contribution in [3.63, 3.8) is 0 Å². The van der Waals surface area contributed by atoms with Crippen molar-refractivity contribution in [3.8, 4) is 0 Å². The van der Waals surface area contributed by atoms with Gasteiger partial charge in [-0.25, -0.2) is 4.98 Å². The Labute approximate surface area is 169 Å². The second-order valence-corrected chi connectivity index (χ2v) is 8.55. The van der Waals surface area contributed by atoms with E-state index < -0.39 is 11.7 Å². The molecule has 1 saturated heterocycles. The zero-order chi connectivity index (χ0) is 19.9. The molecule has 28 heavy (non-hydrogen) atoms. The van der Waals surface area contributed by atoms with Crippen LogP contribution in [0, 0.1) is 5.41 Å². The second kappa shape index (κ2) is 7.13. The van der Waals surface area contributed by atoms with E-state index in [1.165, 1.54) is 6.07 Å². The fourth-order valence-corrected chi connectivity index (χ4v) is 4.36. The largest absolute Gasteiger partial charge is 0.417 e. The fourth-order valence-electron chi connectivity index (χ4n) is 3.93. The highest BCUT2D eigenvalue weighted by Gasteiger charge is 2.53. The van der Waals surface area contributed by atoms with E-state index in [1.807, 2.05) is 4.90 Å². The first-order valence-electron chi connectivity index (χ1n) is 9.21. The van der Waals surface area contributed by atoms with Gasteiger partial charge in [-0.1, -0.05) is 0 Å². The SMILES string of the molecule is O=C(c1ncccc1Br)N1CC2(CC2)C[C@H]1CCc1ccc(C(F)(F)F)cn1. The Morgan fingerprint density at radius 1 is 1.25 bits per heavy atom. The van der Waals surface area contributed by atoms with E-state index in [0.29, 0.717) is 28.7 Å². The molecular weight excluding hydrogens is 435 g/mol. The minimum Gasteiger partial charge on any atom is -0.334 e. The number of aryl methyl sites for hydroxylation is 1. The van der Waals surface area contributed by atoms with Crippen LogP contribution >= 0.6 is 15.9 Å². The Hall–Kier alpha value is -1.96. The van der Waals surface area contributed by atoms with Gasteiger partial charge in [0.1, 0.15) is 5.69 Å². The van der Waals surface area contributed by atoms with Crippen molar-refractivity contribution in [1.82, 2.24) is 14.9 Å². The zero-order valence-electron chi connectivity index (χ0n) is 15.0. The number of rotatable bonds is 4. The molecule has 2 aliphatic rings. The Morgan fingerprint density at radius 2 is 2.04 bits per heavy atom. The van der Waals surface area contributed by atoms with E-state index in [1.54, 1.807) is 18.3 Å². The molecule has 2 aromatic rings. The van der Waals surface area contributed by atoms with Crippen LogP contribution < -0.4 is 0 Å². The van der Waals surface area contributed by atoms with Gasteiger partial charge < -0.3 is 4.90 Å². The lowest BCUT2D eigenvalue weighted by Crippen LogP contribution is -2.36. The number of carbonyl (C=O) groups is 1. The molecule has 1 spiro atoms. The summed E-state index contributed by atoms with van der Waals surface area (Å²) < 4.78 is 38.7. The molecular formula is C20H19BrF3N3O. The lowest BCUT2D eigenvalue weighted by atomic mass is 9.99. The molecule has 1 aliphatic carbocycles. The van der Waals surface area contributed by atoms with Crippen molar-refractivity contribution < 1.29 is 18.0 Å². The van der Waals surface area contributed by atoms with Crippen LogP contribution in [0.1, 0.15) is 47.4 Å². The number of alkyl halides is 3. The van der Waals surface area contributed by atoms with E-state index in [4.69, 9.17) is 0 Å². The molecule has 0 aromatic carbocycles. The minimum atomic E-state index is -4.38. The number of amides is 1. The average Bonchev–Trinajstić information content (AvgIpc) is 3.31. The zero-order valence-corrected chi connectivity index (χ0v) is 16.6. The van der Waals surface area contributed by atoms with Crippen molar-refractivity contribution in [1.29, 1.82) is 0 Å². The Morgan fingerprint density at radius 3 is 2.64 bits per heavy atom. The van der Waals surface area contributed by atoms with Crippen LogP contribution in [0.15, 0.2) is 41.1 Å². The topological polar surface area (TPSA) is 46.1 Å². The molecule has 1 saturated carbocycles. The molecule has 0 unspecified atom stereocenters. The summed E-state index contributed by atoms with van der Waals surface area (Å²) in [7, 11) is 0. The maximum Gasteiger partial charge on any atom is 0.417 e. The first kappa shape index (κ1) is 19.4. The standard InChI is InChI=1S/C20H19BrF3N3O/c21-16-2-1-9-25-17(16)18(28)27-12-19(7-8-19)10-15(27)6-5-14-4-3-13(11-26-14)20(22,23)24/h1-4,9,11,15H,5-8,10,12H2/t15-/m1/s1. The molecule has 0 N–H and O–H groups in total. The van der Waals surface area contributed by atoms with Crippen molar-refractivity contribution in [3.05, 3.63) is 58.1 Å². The van der Waals surface area contributed by atoms with E-state index in [-0.39, 0.29) is 17.4 Å². The summed E-state index contributed by atoms with van der Waals surface area (Å²) in [6, 6.07) is 6.10. The molecule has 4 nitrogen and oxygen atoms in total. The molecule has 1 aliphatic heterocycles. The van der Waals surface area contributed by atoms with Gasteiger partial charge in [-0.2, -0.15) is 13.2 Å². The molecule has 2 aromatic heterocycles. The number of hydrogen-bond donors (Lipinski definition) is 0. The summed E-state index contributed by atoms with van der Waals surface area (Å²) in [6.07, 6.45) is 2.48. The highest BCUT2D eigenvalue weighted by molar-refractivity contribution is 9.10. The van der Waals surface area contributed by atoms with E-state index in [2.05, 4.69) is 25.9 Å². The lowest BCUT2D eigenvalue weighted by molar-refractivity contribution is -0.137. The summed E-state index contributed by atoms with van der Waals surface area (Å²) in [4.78, 5) is 23.1. The average molecular weight is 454 g/mol. The molecule has 3 heterocycles. The Bertz CT molecular complexity index is 881. The number of nitrogens with zero attached hydrogens (tertiary/aromatic N) is 3. The van der Waals surface area contributed by atoms with Crippen molar-refractivity contribution >= 4 is 21.8 Å². The Balaban J connectivity index is 1.46. The highest BCUT2D eigenvalue weighted by Crippen LogP contribution is 2.55. The first-order chi connectivity index (χ1) is 13.3. The summed E-state index contributed by atoms with van der Waals surface area (Å²) in [5.74, 6) is -0.0957. The third-order valence-corrected chi connectivity index (χ3v) is 6.32.